The van der Waals surface area contributed by atoms with Crippen LogP contribution in [-0.4, -0.2) is 9.78 Å². The maximum Gasteiger partial charge on any atom is 0.169 e. The van der Waals surface area contributed by atoms with Gasteiger partial charge < -0.3 is 0 Å². The molecule has 0 aliphatic carbocycles. The second-order valence-electron chi connectivity index (χ2n) is 1.83. The van der Waals surface area contributed by atoms with E-state index in [-0.39, 0.29) is 0 Å². The average molecular weight is 110 g/mol. The molecule has 3 nitrogen and oxygen atoms in total. The third-order valence-corrected chi connectivity index (χ3v) is 1.01. The van der Waals surface area contributed by atoms with Crippen molar-refractivity contribution in [3.63, 3.8) is 0 Å². The standard InChI is InChI=1S/C5H8N3/c1-4-3-8(2)7-5(4)6/h3,6H,1-2H3. The first-order valence-electron chi connectivity index (χ1n) is 2.42. The molecule has 43 valence electrons. The first-order valence-corrected chi connectivity index (χ1v) is 2.42. The number of aromatic nitrogens is 2. The molecule has 3 heteroatoms. The largest absolute Gasteiger partial charge is 0.281 e. The Morgan fingerprint density at radius 2 is 2.38 bits per heavy atom. The minimum absolute atomic E-state index is 0.368. The first kappa shape index (κ1) is 5.15. The van der Waals surface area contributed by atoms with E-state index in [0.717, 1.165) is 5.56 Å². The van der Waals surface area contributed by atoms with Gasteiger partial charge in [-0.15, -0.1) is 0 Å². The molecule has 0 bridgehead atoms. The number of aryl methyl sites for hydroxylation is 2. The van der Waals surface area contributed by atoms with Crippen molar-refractivity contribution in [1.29, 1.82) is 0 Å². The highest BCUT2D eigenvalue weighted by Crippen LogP contribution is 2.05. The van der Waals surface area contributed by atoms with E-state index < -0.39 is 0 Å². The first-order chi connectivity index (χ1) is 3.70. The van der Waals surface area contributed by atoms with Crippen LogP contribution in [0.5, 0.6) is 0 Å². The molecule has 1 heterocycles. The predicted octanol–water partition coefficient (Wildman–Crippen LogP) is 0.643. The van der Waals surface area contributed by atoms with Crippen molar-refractivity contribution in [3.05, 3.63) is 11.8 Å². The summed E-state index contributed by atoms with van der Waals surface area (Å²) in [5.41, 5.74) is 8.03. The summed E-state index contributed by atoms with van der Waals surface area (Å²) in [4.78, 5) is 0. The minimum atomic E-state index is 0.368. The molecular weight excluding hydrogens is 102 g/mol. The van der Waals surface area contributed by atoms with E-state index in [1.54, 1.807) is 4.68 Å². The Morgan fingerprint density at radius 3 is 2.50 bits per heavy atom. The molecule has 1 radical (unpaired) electrons. The van der Waals surface area contributed by atoms with Crippen molar-refractivity contribution in [2.75, 3.05) is 0 Å². The van der Waals surface area contributed by atoms with Crippen LogP contribution < -0.4 is 5.73 Å². The van der Waals surface area contributed by atoms with E-state index in [4.69, 9.17) is 5.73 Å². The Kier molecular flexibility index (Phi) is 0.970. The van der Waals surface area contributed by atoms with Crippen LogP contribution in [0.15, 0.2) is 6.20 Å². The molecule has 1 rings (SSSR count). The summed E-state index contributed by atoms with van der Waals surface area (Å²) < 4.78 is 1.64. The maximum atomic E-state index is 7.11. The molecule has 0 fully saturated rings. The van der Waals surface area contributed by atoms with E-state index >= 15 is 0 Å². The molecule has 0 aliphatic heterocycles. The lowest BCUT2D eigenvalue weighted by Gasteiger charge is -1.79. The van der Waals surface area contributed by atoms with Gasteiger partial charge in [-0.1, -0.05) is 0 Å². The second kappa shape index (κ2) is 1.51. The Hall–Kier alpha value is -0.990. The summed E-state index contributed by atoms with van der Waals surface area (Å²) >= 11 is 0. The fourth-order valence-corrected chi connectivity index (χ4v) is 0.607. The molecule has 0 amide bonds. The second-order valence-corrected chi connectivity index (χ2v) is 1.83. The van der Waals surface area contributed by atoms with Gasteiger partial charge in [0.25, 0.3) is 0 Å². The number of nitrogens with one attached hydrogen (secondary N) is 1. The fraction of sp³-hybridized carbons (Fsp3) is 0.400. The monoisotopic (exact) mass is 110 g/mol. The minimum Gasteiger partial charge on any atom is -0.281 e. The van der Waals surface area contributed by atoms with Crippen molar-refractivity contribution < 1.29 is 0 Å². The number of hydrogen-bond donors (Lipinski definition) is 0. The summed E-state index contributed by atoms with van der Waals surface area (Å²) in [6.07, 6.45) is 1.82. The Morgan fingerprint density at radius 1 is 1.75 bits per heavy atom. The summed E-state index contributed by atoms with van der Waals surface area (Å²) in [7, 11) is 1.81. The predicted molar refractivity (Wildman–Crippen MR) is 30.7 cm³/mol. The van der Waals surface area contributed by atoms with Crippen LogP contribution in [-0.2, 0) is 7.05 Å². The van der Waals surface area contributed by atoms with Crippen molar-refractivity contribution in [2.45, 2.75) is 6.92 Å². The van der Waals surface area contributed by atoms with Crippen LogP contribution in [0.2, 0.25) is 0 Å². The van der Waals surface area contributed by atoms with Crippen molar-refractivity contribution in [3.8, 4) is 0 Å². The number of hydrogen-bond acceptors (Lipinski definition) is 1. The Bertz CT molecular complexity index is 170. The van der Waals surface area contributed by atoms with Gasteiger partial charge in [0.2, 0.25) is 0 Å². The highest BCUT2D eigenvalue weighted by atomic mass is 15.3. The van der Waals surface area contributed by atoms with Crippen molar-refractivity contribution in [2.24, 2.45) is 7.05 Å². The van der Waals surface area contributed by atoms with Crippen LogP contribution in [0.1, 0.15) is 5.56 Å². The molecule has 1 aromatic rings. The quantitative estimate of drug-likeness (QED) is 0.483. The third-order valence-electron chi connectivity index (χ3n) is 1.01. The van der Waals surface area contributed by atoms with Gasteiger partial charge in [0.1, 0.15) is 0 Å². The topological polar surface area (TPSA) is 41.6 Å². The van der Waals surface area contributed by atoms with Gasteiger partial charge in [0, 0.05) is 18.8 Å². The lowest BCUT2D eigenvalue weighted by Crippen LogP contribution is -1.85. The number of nitrogens with zero attached hydrogens (tertiary/aromatic N) is 2. The zero-order valence-electron chi connectivity index (χ0n) is 4.97. The number of rotatable bonds is 0. The summed E-state index contributed by atoms with van der Waals surface area (Å²) in [6, 6.07) is 0. The SMILES string of the molecule is Cc1cn(C)nc1[NH]. The van der Waals surface area contributed by atoms with Crippen LogP contribution in [0, 0.1) is 6.92 Å². The van der Waals surface area contributed by atoms with Gasteiger partial charge in [-0.2, -0.15) is 5.10 Å². The Balaban J connectivity index is 3.14. The van der Waals surface area contributed by atoms with Gasteiger partial charge in [0.05, 0.1) is 0 Å². The summed E-state index contributed by atoms with van der Waals surface area (Å²) in [5, 5.41) is 3.79. The molecule has 0 saturated carbocycles. The molecule has 1 N–H and O–H groups in total. The van der Waals surface area contributed by atoms with Crippen molar-refractivity contribution in [1.82, 2.24) is 15.5 Å². The van der Waals surface area contributed by atoms with E-state index in [1.807, 2.05) is 20.2 Å². The summed E-state index contributed by atoms with van der Waals surface area (Å²) in [6.45, 7) is 1.87. The molecule has 0 saturated heterocycles. The van der Waals surface area contributed by atoms with Crippen LogP contribution in [0.3, 0.4) is 0 Å². The fourth-order valence-electron chi connectivity index (χ4n) is 0.607. The van der Waals surface area contributed by atoms with Gasteiger partial charge in [-0.25, -0.2) is 0 Å². The van der Waals surface area contributed by atoms with Gasteiger partial charge >= 0.3 is 0 Å². The van der Waals surface area contributed by atoms with E-state index in [1.165, 1.54) is 0 Å². The van der Waals surface area contributed by atoms with E-state index in [9.17, 15) is 0 Å². The lowest BCUT2D eigenvalue weighted by atomic mass is 10.4. The molecular formula is C5H8N3. The van der Waals surface area contributed by atoms with Crippen LogP contribution in [0.25, 0.3) is 0 Å². The smallest absolute Gasteiger partial charge is 0.169 e. The highest BCUT2D eigenvalue weighted by Gasteiger charge is 1.94. The normalized spacial score (nSPS) is 9.75. The average Bonchev–Trinajstić information content (AvgIpc) is 1.85. The maximum absolute atomic E-state index is 7.11. The lowest BCUT2D eigenvalue weighted by molar-refractivity contribution is 0.767. The molecule has 1 aromatic heterocycles. The third kappa shape index (κ3) is 0.665. The Labute approximate surface area is 48.1 Å². The van der Waals surface area contributed by atoms with Gasteiger partial charge in [-0.3, -0.25) is 10.4 Å². The van der Waals surface area contributed by atoms with Crippen molar-refractivity contribution >= 4 is 5.82 Å². The van der Waals surface area contributed by atoms with Gasteiger partial charge in [-0.05, 0) is 6.92 Å². The zero-order chi connectivity index (χ0) is 6.15. The van der Waals surface area contributed by atoms with Crippen LogP contribution >= 0.6 is 0 Å². The zero-order valence-corrected chi connectivity index (χ0v) is 4.97. The molecule has 0 unspecified atom stereocenters. The van der Waals surface area contributed by atoms with Crippen LogP contribution in [0.4, 0.5) is 5.82 Å². The van der Waals surface area contributed by atoms with E-state index in [0.29, 0.717) is 5.82 Å². The highest BCUT2D eigenvalue weighted by molar-refractivity contribution is 5.31. The molecule has 0 aromatic carbocycles. The van der Waals surface area contributed by atoms with E-state index in [2.05, 4.69) is 5.10 Å². The summed E-state index contributed by atoms with van der Waals surface area (Å²) in [5.74, 6) is 0.368. The molecule has 0 atom stereocenters. The van der Waals surface area contributed by atoms with Gasteiger partial charge in [0.15, 0.2) is 5.82 Å². The molecule has 0 spiro atoms. The molecule has 0 aliphatic rings. The molecule has 8 heavy (non-hydrogen) atoms.